The van der Waals surface area contributed by atoms with Crippen molar-refractivity contribution < 1.29 is 9.53 Å². The number of carbonyl (C=O) groups is 1. The average molecular weight is 196 g/mol. The number of hydrogen-bond donors (Lipinski definition) is 0. The summed E-state index contributed by atoms with van der Waals surface area (Å²) in [5, 5.41) is 0. The molecule has 0 atom stereocenters. The van der Waals surface area contributed by atoms with Crippen LogP contribution in [0.15, 0.2) is 0 Å². The van der Waals surface area contributed by atoms with Crippen LogP contribution in [0, 0.1) is 5.92 Å². The van der Waals surface area contributed by atoms with Crippen molar-refractivity contribution in [2.75, 3.05) is 6.61 Å². The summed E-state index contributed by atoms with van der Waals surface area (Å²) in [5.41, 5.74) is -0.367. The van der Waals surface area contributed by atoms with E-state index in [2.05, 4.69) is 0 Å². The Hall–Kier alpha value is -0.370. The van der Waals surface area contributed by atoms with Gasteiger partial charge in [-0.1, -0.05) is 19.3 Å². The van der Waals surface area contributed by atoms with Crippen molar-refractivity contribution in [1.29, 1.82) is 0 Å². The fourth-order valence-corrected chi connectivity index (χ4v) is 2.58. The van der Waals surface area contributed by atoms with Gasteiger partial charge in [0.05, 0.1) is 0 Å². The van der Waals surface area contributed by atoms with Crippen molar-refractivity contribution in [3.8, 4) is 0 Å². The van der Waals surface area contributed by atoms with Gasteiger partial charge in [0.1, 0.15) is 5.60 Å². The molecular weight excluding hydrogens is 176 g/mol. The Labute approximate surface area is 86.0 Å². The number of Topliss-reactive ketones (excluding diaryl/α,β-unsaturated/α-hetero) is 1. The van der Waals surface area contributed by atoms with Gasteiger partial charge in [-0.05, 0) is 32.6 Å². The van der Waals surface area contributed by atoms with E-state index in [0.29, 0.717) is 18.3 Å². The second-order valence-electron chi connectivity index (χ2n) is 4.63. The van der Waals surface area contributed by atoms with Gasteiger partial charge in [-0.15, -0.1) is 0 Å². The minimum absolute atomic E-state index is 0.347. The first-order valence-corrected chi connectivity index (χ1v) is 5.97. The molecule has 0 radical (unpaired) electrons. The molecule has 2 nitrogen and oxygen atoms in total. The molecule has 2 heteroatoms. The van der Waals surface area contributed by atoms with Gasteiger partial charge in [0.25, 0.3) is 0 Å². The summed E-state index contributed by atoms with van der Waals surface area (Å²) < 4.78 is 5.78. The van der Waals surface area contributed by atoms with E-state index in [1.54, 1.807) is 0 Å². The quantitative estimate of drug-likeness (QED) is 0.691. The molecule has 0 aromatic carbocycles. The molecule has 0 N–H and O–H groups in total. The van der Waals surface area contributed by atoms with E-state index >= 15 is 0 Å². The molecule has 2 rings (SSSR count). The van der Waals surface area contributed by atoms with Gasteiger partial charge >= 0.3 is 0 Å². The molecule has 0 heterocycles. The van der Waals surface area contributed by atoms with Gasteiger partial charge in [-0.2, -0.15) is 0 Å². The lowest BCUT2D eigenvalue weighted by atomic mass is 9.80. The molecule has 0 unspecified atom stereocenters. The molecule has 0 aromatic heterocycles. The third-order valence-corrected chi connectivity index (χ3v) is 3.48. The maximum absolute atomic E-state index is 12.1. The Morgan fingerprint density at radius 1 is 1.29 bits per heavy atom. The van der Waals surface area contributed by atoms with Crippen LogP contribution in [-0.2, 0) is 9.53 Å². The van der Waals surface area contributed by atoms with Gasteiger partial charge in [0.2, 0.25) is 0 Å². The third kappa shape index (κ3) is 1.85. The number of rotatable bonds is 4. The van der Waals surface area contributed by atoms with Crippen LogP contribution in [0.25, 0.3) is 0 Å². The SMILES string of the molecule is CCOC1(C(=O)C2CC2)CCCCC1. The van der Waals surface area contributed by atoms with Gasteiger partial charge < -0.3 is 4.74 Å². The second-order valence-corrected chi connectivity index (χ2v) is 4.63. The summed E-state index contributed by atoms with van der Waals surface area (Å²) in [6.07, 6.45) is 7.75. The van der Waals surface area contributed by atoms with Crippen LogP contribution in [0.2, 0.25) is 0 Å². The smallest absolute Gasteiger partial charge is 0.167 e. The molecule has 2 aliphatic rings. The van der Waals surface area contributed by atoms with E-state index in [4.69, 9.17) is 4.74 Å². The van der Waals surface area contributed by atoms with Crippen LogP contribution in [0.1, 0.15) is 51.9 Å². The van der Waals surface area contributed by atoms with E-state index in [-0.39, 0.29) is 5.60 Å². The zero-order valence-electron chi connectivity index (χ0n) is 9.05. The Kier molecular flexibility index (Phi) is 2.91. The van der Waals surface area contributed by atoms with Gasteiger partial charge in [0, 0.05) is 12.5 Å². The van der Waals surface area contributed by atoms with Crippen LogP contribution in [-0.4, -0.2) is 18.0 Å². The standard InChI is InChI=1S/C12H20O2/c1-2-14-12(8-4-3-5-9-12)11(13)10-6-7-10/h10H,2-9H2,1H3. The second kappa shape index (κ2) is 4.01. The highest BCUT2D eigenvalue weighted by molar-refractivity contribution is 5.91. The Morgan fingerprint density at radius 3 is 2.43 bits per heavy atom. The average Bonchev–Trinajstić information content (AvgIpc) is 3.02. The van der Waals surface area contributed by atoms with E-state index in [0.717, 1.165) is 25.7 Å². The Balaban J connectivity index is 2.06. The molecule has 0 spiro atoms. The summed E-state index contributed by atoms with van der Waals surface area (Å²) in [6.45, 7) is 2.68. The molecule has 2 saturated carbocycles. The number of ketones is 1. The molecule has 14 heavy (non-hydrogen) atoms. The zero-order chi connectivity index (χ0) is 10.0. The largest absolute Gasteiger partial charge is 0.367 e. The first kappa shape index (κ1) is 10.2. The molecule has 0 bridgehead atoms. The number of carbonyl (C=O) groups excluding carboxylic acids is 1. The van der Waals surface area contributed by atoms with Gasteiger partial charge in [0.15, 0.2) is 5.78 Å². The number of hydrogen-bond acceptors (Lipinski definition) is 2. The van der Waals surface area contributed by atoms with Gasteiger partial charge in [-0.25, -0.2) is 0 Å². The highest BCUT2D eigenvalue weighted by atomic mass is 16.5. The first-order valence-electron chi connectivity index (χ1n) is 5.97. The van der Waals surface area contributed by atoms with Crippen LogP contribution in [0.3, 0.4) is 0 Å². The molecule has 0 amide bonds. The maximum Gasteiger partial charge on any atom is 0.167 e. The Bertz CT molecular complexity index is 207. The van der Waals surface area contributed by atoms with Crippen molar-refractivity contribution in [2.24, 2.45) is 5.92 Å². The fourth-order valence-electron chi connectivity index (χ4n) is 2.58. The van der Waals surface area contributed by atoms with Crippen molar-refractivity contribution in [2.45, 2.75) is 57.5 Å². The zero-order valence-corrected chi connectivity index (χ0v) is 9.05. The molecular formula is C12H20O2. The van der Waals surface area contributed by atoms with Crippen molar-refractivity contribution in [3.05, 3.63) is 0 Å². The summed E-state index contributed by atoms with van der Waals surface area (Å²) in [7, 11) is 0. The van der Waals surface area contributed by atoms with Crippen LogP contribution < -0.4 is 0 Å². The lowest BCUT2D eigenvalue weighted by Gasteiger charge is -2.35. The van der Waals surface area contributed by atoms with Gasteiger partial charge in [-0.3, -0.25) is 4.79 Å². The van der Waals surface area contributed by atoms with Crippen LogP contribution in [0.4, 0.5) is 0 Å². The maximum atomic E-state index is 12.1. The highest BCUT2D eigenvalue weighted by Crippen LogP contribution is 2.41. The van der Waals surface area contributed by atoms with Crippen LogP contribution >= 0.6 is 0 Å². The van der Waals surface area contributed by atoms with Crippen molar-refractivity contribution >= 4 is 5.78 Å². The van der Waals surface area contributed by atoms with Crippen molar-refractivity contribution in [3.63, 3.8) is 0 Å². The monoisotopic (exact) mass is 196 g/mol. The predicted molar refractivity (Wildman–Crippen MR) is 55.2 cm³/mol. The normalized spacial score (nSPS) is 26.1. The minimum atomic E-state index is -0.367. The fraction of sp³-hybridized carbons (Fsp3) is 0.917. The van der Waals surface area contributed by atoms with E-state index in [1.807, 2.05) is 6.92 Å². The minimum Gasteiger partial charge on any atom is -0.367 e. The van der Waals surface area contributed by atoms with E-state index in [1.165, 1.54) is 19.3 Å². The van der Waals surface area contributed by atoms with E-state index in [9.17, 15) is 4.79 Å². The summed E-state index contributed by atoms with van der Waals surface area (Å²) in [6, 6.07) is 0. The highest BCUT2D eigenvalue weighted by Gasteiger charge is 2.46. The lowest BCUT2D eigenvalue weighted by molar-refractivity contribution is -0.150. The predicted octanol–water partition coefficient (Wildman–Crippen LogP) is 2.70. The number of ether oxygens (including phenoxy) is 1. The summed E-state index contributed by atoms with van der Waals surface area (Å²) in [5.74, 6) is 0.763. The molecule has 0 aliphatic heterocycles. The first-order chi connectivity index (χ1) is 6.78. The van der Waals surface area contributed by atoms with E-state index < -0.39 is 0 Å². The topological polar surface area (TPSA) is 26.3 Å². The van der Waals surface area contributed by atoms with Crippen molar-refractivity contribution in [1.82, 2.24) is 0 Å². The molecule has 80 valence electrons. The third-order valence-electron chi connectivity index (χ3n) is 3.48. The summed E-state index contributed by atoms with van der Waals surface area (Å²) >= 11 is 0. The molecule has 0 saturated heterocycles. The Morgan fingerprint density at radius 2 is 1.93 bits per heavy atom. The lowest BCUT2D eigenvalue weighted by Crippen LogP contribution is -2.44. The summed E-state index contributed by atoms with van der Waals surface area (Å²) in [4.78, 5) is 12.1. The van der Waals surface area contributed by atoms with Crippen LogP contribution in [0.5, 0.6) is 0 Å². The molecule has 2 aliphatic carbocycles. The molecule has 2 fully saturated rings. The molecule has 0 aromatic rings.